The molecule has 1 aromatic heterocycles. The van der Waals surface area contributed by atoms with Crippen LogP contribution in [-0.4, -0.2) is 47.7 Å². The molecule has 0 saturated carbocycles. The summed E-state index contributed by atoms with van der Waals surface area (Å²) < 4.78 is 5.28. The van der Waals surface area contributed by atoms with Crippen LogP contribution in [0.15, 0.2) is 0 Å². The van der Waals surface area contributed by atoms with Gasteiger partial charge < -0.3 is 15.0 Å². The first-order valence-corrected chi connectivity index (χ1v) is 6.73. The Morgan fingerprint density at radius 1 is 1.40 bits per heavy atom. The van der Waals surface area contributed by atoms with Crippen molar-refractivity contribution in [2.24, 2.45) is 0 Å². The predicted molar refractivity (Wildman–Crippen MR) is 75.2 cm³/mol. The maximum atomic E-state index is 11.3. The highest BCUT2D eigenvalue weighted by molar-refractivity contribution is 5.62. The maximum absolute atomic E-state index is 11.3. The summed E-state index contributed by atoms with van der Waals surface area (Å²) >= 11 is 0. The van der Waals surface area contributed by atoms with Crippen molar-refractivity contribution < 1.29 is 9.66 Å². The zero-order chi connectivity index (χ0) is 14.5. The van der Waals surface area contributed by atoms with Gasteiger partial charge >= 0.3 is 5.69 Å². The zero-order valence-corrected chi connectivity index (χ0v) is 11.8. The molecule has 2 rings (SSSR count). The molecule has 1 aliphatic rings. The first kappa shape index (κ1) is 14.4. The highest BCUT2D eigenvalue weighted by Gasteiger charge is 2.27. The van der Waals surface area contributed by atoms with Crippen LogP contribution in [0.25, 0.3) is 0 Å². The summed E-state index contributed by atoms with van der Waals surface area (Å²) in [6, 6.07) is 0. The quantitative estimate of drug-likeness (QED) is 0.643. The van der Waals surface area contributed by atoms with Gasteiger partial charge in [0, 0.05) is 19.6 Å². The predicted octanol–water partition coefficient (Wildman–Crippen LogP) is 1.35. The van der Waals surface area contributed by atoms with E-state index in [1.165, 1.54) is 0 Å². The van der Waals surface area contributed by atoms with Crippen LogP contribution in [0.5, 0.6) is 0 Å². The summed E-state index contributed by atoms with van der Waals surface area (Å²) in [5, 5.41) is 14.3. The van der Waals surface area contributed by atoms with Crippen LogP contribution in [-0.2, 0) is 4.74 Å². The number of hydrogen-bond donors (Lipinski definition) is 1. The minimum Gasteiger partial charge on any atom is -0.378 e. The monoisotopic (exact) mass is 281 g/mol. The molecule has 20 heavy (non-hydrogen) atoms. The first-order chi connectivity index (χ1) is 9.63. The molecule has 110 valence electrons. The van der Waals surface area contributed by atoms with E-state index in [4.69, 9.17) is 4.74 Å². The van der Waals surface area contributed by atoms with Gasteiger partial charge in [0.05, 0.1) is 18.1 Å². The minimum atomic E-state index is -0.413. The summed E-state index contributed by atoms with van der Waals surface area (Å²) in [7, 11) is 0. The largest absolute Gasteiger partial charge is 0.378 e. The fourth-order valence-electron chi connectivity index (χ4n) is 2.08. The van der Waals surface area contributed by atoms with Gasteiger partial charge in [0.25, 0.3) is 0 Å². The van der Waals surface area contributed by atoms with E-state index >= 15 is 0 Å². The van der Waals surface area contributed by atoms with Crippen molar-refractivity contribution in [3.63, 3.8) is 0 Å². The van der Waals surface area contributed by atoms with Crippen LogP contribution >= 0.6 is 0 Å². The lowest BCUT2D eigenvalue weighted by Crippen LogP contribution is -2.37. The van der Waals surface area contributed by atoms with E-state index in [9.17, 15) is 10.1 Å². The van der Waals surface area contributed by atoms with E-state index in [-0.39, 0.29) is 5.69 Å². The summed E-state index contributed by atoms with van der Waals surface area (Å²) in [6.45, 7) is 6.72. The summed E-state index contributed by atoms with van der Waals surface area (Å²) in [5.41, 5.74) is 0.360. The third-order valence-corrected chi connectivity index (χ3v) is 3.07. The van der Waals surface area contributed by atoms with Gasteiger partial charge in [0.1, 0.15) is 5.69 Å². The molecule has 1 N–H and O–H groups in total. The summed E-state index contributed by atoms with van der Waals surface area (Å²) in [6.07, 6.45) is 0.937. The molecule has 1 fully saturated rings. The smallest absolute Gasteiger partial charge is 0.332 e. The topological polar surface area (TPSA) is 93.4 Å². The van der Waals surface area contributed by atoms with Crippen molar-refractivity contribution in [1.29, 1.82) is 0 Å². The number of aryl methyl sites for hydroxylation is 1. The van der Waals surface area contributed by atoms with E-state index in [1.54, 1.807) is 6.92 Å². The van der Waals surface area contributed by atoms with Crippen LogP contribution in [0.2, 0.25) is 0 Å². The Hall–Kier alpha value is -1.96. The Balaban J connectivity index is 2.38. The van der Waals surface area contributed by atoms with Gasteiger partial charge in [-0.15, -0.1) is 0 Å². The molecule has 1 aliphatic heterocycles. The third kappa shape index (κ3) is 3.13. The van der Waals surface area contributed by atoms with Crippen LogP contribution in [0, 0.1) is 17.0 Å². The Kier molecular flexibility index (Phi) is 4.67. The SMILES string of the molecule is CCCNc1nc(C)c([N+](=O)[O-])c(N2CCOCC2)n1. The number of anilines is 2. The number of ether oxygens (including phenoxy) is 1. The average Bonchev–Trinajstić information content (AvgIpc) is 2.45. The number of nitrogens with one attached hydrogen (secondary N) is 1. The molecular weight excluding hydrogens is 262 g/mol. The molecule has 0 aliphatic carbocycles. The summed E-state index contributed by atoms with van der Waals surface area (Å²) in [4.78, 5) is 21.2. The van der Waals surface area contributed by atoms with Gasteiger partial charge in [-0.2, -0.15) is 4.98 Å². The number of rotatable bonds is 5. The van der Waals surface area contributed by atoms with Crippen LogP contribution < -0.4 is 10.2 Å². The molecule has 1 aromatic rings. The Morgan fingerprint density at radius 3 is 2.70 bits per heavy atom. The van der Waals surface area contributed by atoms with Gasteiger partial charge in [-0.25, -0.2) is 4.98 Å². The molecule has 0 bridgehead atoms. The number of nitrogens with zero attached hydrogens (tertiary/aromatic N) is 4. The van der Waals surface area contributed by atoms with Crippen molar-refractivity contribution >= 4 is 17.5 Å². The lowest BCUT2D eigenvalue weighted by atomic mass is 10.3. The highest BCUT2D eigenvalue weighted by Crippen LogP contribution is 2.30. The molecule has 0 radical (unpaired) electrons. The molecule has 1 saturated heterocycles. The molecule has 2 heterocycles. The molecule has 0 amide bonds. The van der Waals surface area contributed by atoms with Crippen molar-refractivity contribution in [3.05, 3.63) is 15.8 Å². The summed E-state index contributed by atoms with van der Waals surface area (Å²) in [5.74, 6) is 0.820. The van der Waals surface area contributed by atoms with Crippen LogP contribution in [0.3, 0.4) is 0 Å². The van der Waals surface area contributed by atoms with Gasteiger partial charge in [0.2, 0.25) is 11.8 Å². The van der Waals surface area contributed by atoms with Crippen LogP contribution in [0.4, 0.5) is 17.5 Å². The Labute approximate surface area is 117 Å². The second-order valence-corrected chi connectivity index (χ2v) is 4.59. The lowest BCUT2D eigenvalue weighted by Gasteiger charge is -2.27. The maximum Gasteiger partial charge on any atom is 0.332 e. The molecule has 8 nitrogen and oxygen atoms in total. The Bertz CT molecular complexity index is 488. The fourth-order valence-corrected chi connectivity index (χ4v) is 2.08. The number of nitro groups is 1. The second-order valence-electron chi connectivity index (χ2n) is 4.59. The number of hydrogen-bond acceptors (Lipinski definition) is 7. The minimum absolute atomic E-state index is 0.0195. The van der Waals surface area contributed by atoms with Crippen molar-refractivity contribution in [1.82, 2.24) is 9.97 Å². The zero-order valence-electron chi connectivity index (χ0n) is 11.8. The van der Waals surface area contributed by atoms with E-state index in [2.05, 4.69) is 15.3 Å². The number of aromatic nitrogens is 2. The van der Waals surface area contributed by atoms with Crippen molar-refractivity contribution in [2.45, 2.75) is 20.3 Å². The van der Waals surface area contributed by atoms with E-state index in [1.807, 2.05) is 11.8 Å². The molecule has 0 atom stereocenters. The fraction of sp³-hybridized carbons (Fsp3) is 0.667. The van der Waals surface area contributed by atoms with Gasteiger partial charge in [-0.3, -0.25) is 10.1 Å². The van der Waals surface area contributed by atoms with E-state index in [0.29, 0.717) is 43.8 Å². The second kappa shape index (κ2) is 6.47. The first-order valence-electron chi connectivity index (χ1n) is 6.73. The molecular formula is C12H19N5O3. The van der Waals surface area contributed by atoms with Gasteiger partial charge in [-0.1, -0.05) is 6.92 Å². The molecule has 8 heteroatoms. The number of morpholine rings is 1. The normalized spacial score (nSPS) is 15.2. The molecule has 0 unspecified atom stereocenters. The highest BCUT2D eigenvalue weighted by atomic mass is 16.6. The lowest BCUT2D eigenvalue weighted by molar-refractivity contribution is -0.385. The average molecular weight is 281 g/mol. The van der Waals surface area contributed by atoms with Crippen molar-refractivity contribution in [3.8, 4) is 0 Å². The Morgan fingerprint density at radius 2 is 2.10 bits per heavy atom. The third-order valence-electron chi connectivity index (χ3n) is 3.07. The van der Waals surface area contributed by atoms with Gasteiger partial charge in [0.15, 0.2) is 0 Å². The van der Waals surface area contributed by atoms with Gasteiger partial charge in [-0.05, 0) is 13.3 Å². The van der Waals surface area contributed by atoms with Crippen LogP contribution in [0.1, 0.15) is 19.0 Å². The standard InChI is InChI=1S/C12H19N5O3/c1-3-4-13-12-14-9(2)10(17(18)19)11(15-12)16-5-7-20-8-6-16/h3-8H2,1-2H3,(H,13,14,15). The molecule has 0 aromatic carbocycles. The molecule has 0 spiro atoms. The van der Waals surface area contributed by atoms with E-state index in [0.717, 1.165) is 13.0 Å². The van der Waals surface area contributed by atoms with Crippen molar-refractivity contribution in [2.75, 3.05) is 43.1 Å². The van der Waals surface area contributed by atoms with E-state index < -0.39 is 4.92 Å².